The molecular formula is C17H23ClN2O4. The largest absolute Gasteiger partial charge is 0.495 e. The molecule has 1 fully saturated rings. The number of rotatable bonds is 4. The van der Waals surface area contributed by atoms with Crippen molar-refractivity contribution in [2.75, 3.05) is 32.1 Å². The van der Waals surface area contributed by atoms with Gasteiger partial charge in [-0.3, -0.25) is 4.79 Å². The molecule has 1 heterocycles. The highest BCUT2D eigenvalue weighted by molar-refractivity contribution is 6.31. The van der Waals surface area contributed by atoms with E-state index in [1.165, 1.54) is 7.11 Å². The molecule has 1 aromatic rings. The number of piperidine rings is 1. The van der Waals surface area contributed by atoms with Crippen LogP contribution in [0.25, 0.3) is 0 Å². The van der Waals surface area contributed by atoms with E-state index in [0.29, 0.717) is 36.2 Å². The number of hydrogen-bond acceptors (Lipinski definition) is 4. The molecule has 0 radical (unpaired) electrons. The van der Waals surface area contributed by atoms with Crippen LogP contribution in [0.3, 0.4) is 0 Å². The third-order valence-corrected chi connectivity index (χ3v) is 4.46. The van der Waals surface area contributed by atoms with Crippen molar-refractivity contribution in [3.63, 3.8) is 0 Å². The SMILES string of the molecule is CCOC(=O)N1CCCC(C(=O)Nc2cc(C)c(Cl)cc2OC)C1. The lowest BCUT2D eigenvalue weighted by Crippen LogP contribution is -2.44. The molecule has 1 unspecified atom stereocenters. The smallest absolute Gasteiger partial charge is 0.409 e. The Bertz CT molecular complexity index is 621. The van der Waals surface area contributed by atoms with Gasteiger partial charge in [0.1, 0.15) is 5.75 Å². The van der Waals surface area contributed by atoms with Gasteiger partial charge in [-0.05, 0) is 38.3 Å². The molecule has 0 saturated carbocycles. The molecule has 1 aromatic carbocycles. The predicted molar refractivity (Wildman–Crippen MR) is 92.7 cm³/mol. The highest BCUT2D eigenvalue weighted by Gasteiger charge is 2.29. The first kappa shape index (κ1) is 18.4. The Morgan fingerprint density at radius 3 is 2.83 bits per heavy atom. The molecule has 6 nitrogen and oxygen atoms in total. The van der Waals surface area contributed by atoms with Crippen LogP contribution in [0.5, 0.6) is 5.75 Å². The number of methoxy groups -OCH3 is 1. The molecule has 132 valence electrons. The summed E-state index contributed by atoms with van der Waals surface area (Å²) in [4.78, 5) is 26.0. The maximum atomic E-state index is 12.6. The molecule has 2 amide bonds. The Morgan fingerprint density at radius 2 is 2.17 bits per heavy atom. The summed E-state index contributed by atoms with van der Waals surface area (Å²) in [6, 6.07) is 3.46. The van der Waals surface area contributed by atoms with Crippen LogP contribution in [0, 0.1) is 12.8 Å². The highest BCUT2D eigenvalue weighted by Crippen LogP contribution is 2.31. The molecule has 7 heteroatoms. The van der Waals surface area contributed by atoms with E-state index in [1.807, 2.05) is 6.92 Å². The molecule has 1 N–H and O–H groups in total. The second-order valence-corrected chi connectivity index (χ2v) is 6.18. The summed E-state index contributed by atoms with van der Waals surface area (Å²) >= 11 is 6.08. The van der Waals surface area contributed by atoms with E-state index in [-0.39, 0.29) is 17.9 Å². The molecular weight excluding hydrogens is 332 g/mol. The van der Waals surface area contributed by atoms with Gasteiger partial charge < -0.3 is 19.7 Å². The summed E-state index contributed by atoms with van der Waals surface area (Å²) in [6.45, 7) is 4.93. The Morgan fingerprint density at radius 1 is 1.42 bits per heavy atom. The zero-order valence-corrected chi connectivity index (χ0v) is 15.0. The van der Waals surface area contributed by atoms with Crippen LogP contribution >= 0.6 is 11.6 Å². The van der Waals surface area contributed by atoms with Crippen molar-refractivity contribution in [3.8, 4) is 5.75 Å². The van der Waals surface area contributed by atoms with E-state index in [0.717, 1.165) is 18.4 Å². The van der Waals surface area contributed by atoms with Gasteiger partial charge in [0.2, 0.25) is 5.91 Å². The second-order valence-electron chi connectivity index (χ2n) is 5.78. The predicted octanol–water partition coefficient (Wildman–Crippen LogP) is 3.46. The van der Waals surface area contributed by atoms with Gasteiger partial charge in [0.25, 0.3) is 0 Å². The van der Waals surface area contributed by atoms with Gasteiger partial charge in [0.15, 0.2) is 0 Å². The number of anilines is 1. The van der Waals surface area contributed by atoms with Crippen LogP contribution in [-0.2, 0) is 9.53 Å². The summed E-state index contributed by atoms with van der Waals surface area (Å²) in [5.74, 6) is 0.102. The van der Waals surface area contributed by atoms with Gasteiger partial charge in [0.05, 0.1) is 25.3 Å². The molecule has 1 aliphatic heterocycles. The lowest BCUT2D eigenvalue weighted by Gasteiger charge is -2.31. The van der Waals surface area contributed by atoms with Crippen molar-refractivity contribution in [1.82, 2.24) is 4.90 Å². The van der Waals surface area contributed by atoms with E-state index in [1.54, 1.807) is 24.0 Å². The van der Waals surface area contributed by atoms with E-state index >= 15 is 0 Å². The fourth-order valence-electron chi connectivity index (χ4n) is 2.74. The lowest BCUT2D eigenvalue weighted by atomic mass is 9.97. The molecule has 0 aromatic heterocycles. The van der Waals surface area contributed by atoms with Gasteiger partial charge in [-0.25, -0.2) is 4.79 Å². The monoisotopic (exact) mass is 354 g/mol. The van der Waals surface area contributed by atoms with Crippen LogP contribution < -0.4 is 10.1 Å². The molecule has 24 heavy (non-hydrogen) atoms. The topological polar surface area (TPSA) is 67.9 Å². The Balaban J connectivity index is 2.07. The molecule has 0 bridgehead atoms. The van der Waals surface area contributed by atoms with Crippen molar-refractivity contribution < 1.29 is 19.1 Å². The van der Waals surface area contributed by atoms with Crippen LogP contribution in [0.15, 0.2) is 12.1 Å². The molecule has 1 aliphatic rings. The van der Waals surface area contributed by atoms with Crippen molar-refractivity contribution in [3.05, 3.63) is 22.7 Å². The Hall–Kier alpha value is -1.95. The number of carbonyl (C=O) groups excluding carboxylic acids is 2. The van der Waals surface area contributed by atoms with E-state index < -0.39 is 0 Å². The number of aryl methyl sites for hydroxylation is 1. The maximum Gasteiger partial charge on any atom is 0.409 e. The normalized spacial score (nSPS) is 17.3. The third kappa shape index (κ3) is 4.32. The minimum atomic E-state index is -0.366. The third-order valence-electron chi connectivity index (χ3n) is 4.06. The minimum absolute atomic E-state index is 0.135. The van der Waals surface area contributed by atoms with Crippen LogP contribution in [-0.4, -0.2) is 43.7 Å². The van der Waals surface area contributed by atoms with Gasteiger partial charge in [-0.15, -0.1) is 0 Å². The van der Waals surface area contributed by atoms with Gasteiger partial charge >= 0.3 is 6.09 Å². The Kier molecular flexibility index (Phi) is 6.31. The first-order chi connectivity index (χ1) is 11.5. The number of carbonyl (C=O) groups is 2. The first-order valence-electron chi connectivity index (χ1n) is 8.03. The zero-order valence-electron chi connectivity index (χ0n) is 14.2. The standard InChI is InChI=1S/C17H23ClN2O4/c1-4-24-17(22)20-7-5-6-12(10-20)16(21)19-14-8-11(2)13(18)9-15(14)23-3/h8-9,12H,4-7,10H2,1-3H3,(H,19,21). The van der Waals surface area contributed by atoms with E-state index in [4.69, 9.17) is 21.1 Å². The highest BCUT2D eigenvalue weighted by atomic mass is 35.5. The number of nitrogens with one attached hydrogen (secondary N) is 1. The van der Waals surface area contributed by atoms with Crippen LogP contribution in [0.4, 0.5) is 10.5 Å². The second kappa shape index (κ2) is 8.24. The van der Waals surface area contributed by atoms with Crippen molar-refractivity contribution in [1.29, 1.82) is 0 Å². The first-order valence-corrected chi connectivity index (χ1v) is 8.40. The summed E-state index contributed by atoms with van der Waals surface area (Å²) < 4.78 is 10.3. The van der Waals surface area contributed by atoms with Crippen molar-refractivity contribution in [2.45, 2.75) is 26.7 Å². The quantitative estimate of drug-likeness (QED) is 0.899. The van der Waals surface area contributed by atoms with Crippen LogP contribution in [0.2, 0.25) is 5.02 Å². The average molecular weight is 355 g/mol. The Labute approximate surface area is 147 Å². The fraction of sp³-hybridized carbons (Fsp3) is 0.529. The molecule has 0 spiro atoms. The van der Waals surface area contributed by atoms with Crippen molar-refractivity contribution in [2.24, 2.45) is 5.92 Å². The number of hydrogen-bond donors (Lipinski definition) is 1. The number of ether oxygens (including phenoxy) is 2. The zero-order chi connectivity index (χ0) is 17.7. The average Bonchev–Trinajstić information content (AvgIpc) is 2.58. The molecule has 2 rings (SSSR count). The van der Waals surface area contributed by atoms with E-state index in [9.17, 15) is 9.59 Å². The molecule has 1 saturated heterocycles. The van der Waals surface area contributed by atoms with Gasteiger partial charge in [-0.1, -0.05) is 11.6 Å². The fourth-order valence-corrected chi connectivity index (χ4v) is 2.89. The van der Waals surface area contributed by atoms with Crippen LogP contribution in [0.1, 0.15) is 25.3 Å². The molecule has 1 atom stereocenters. The number of amides is 2. The van der Waals surface area contributed by atoms with Crippen molar-refractivity contribution >= 4 is 29.3 Å². The summed E-state index contributed by atoms with van der Waals surface area (Å²) in [6.07, 6.45) is 1.14. The van der Waals surface area contributed by atoms with E-state index in [2.05, 4.69) is 5.32 Å². The maximum absolute atomic E-state index is 12.6. The number of likely N-dealkylation sites (tertiary alicyclic amines) is 1. The number of nitrogens with zero attached hydrogens (tertiary/aromatic N) is 1. The minimum Gasteiger partial charge on any atom is -0.495 e. The van der Waals surface area contributed by atoms with Gasteiger partial charge in [0, 0.05) is 24.2 Å². The number of benzene rings is 1. The number of halogens is 1. The lowest BCUT2D eigenvalue weighted by molar-refractivity contribution is -0.121. The summed E-state index contributed by atoms with van der Waals surface area (Å²) in [7, 11) is 1.53. The van der Waals surface area contributed by atoms with Gasteiger partial charge in [-0.2, -0.15) is 0 Å². The molecule has 0 aliphatic carbocycles. The summed E-state index contributed by atoms with van der Waals surface area (Å²) in [5, 5.41) is 3.47. The summed E-state index contributed by atoms with van der Waals surface area (Å²) in [5.41, 5.74) is 1.43.